The Morgan fingerprint density at radius 1 is 1.14 bits per heavy atom. The van der Waals surface area contributed by atoms with E-state index < -0.39 is 11.9 Å². The molecule has 3 heterocycles. The Labute approximate surface area is 208 Å². The summed E-state index contributed by atoms with van der Waals surface area (Å²) in [5.74, 6) is -0.412. The van der Waals surface area contributed by atoms with Gasteiger partial charge in [0.05, 0.1) is 24.2 Å². The number of thioether (sulfide) groups is 1. The first-order valence-electron chi connectivity index (χ1n) is 10.5. The first-order chi connectivity index (χ1) is 17.0. The zero-order chi connectivity index (χ0) is 24.8. The number of aromatic amines is 1. The summed E-state index contributed by atoms with van der Waals surface area (Å²) in [5.41, 5.74) is 1.23. The van der Waals surface area contributed by atoms with Gasteiger partial charge in [-0.15, -0.1) is 16.4 Å². The second kappa shape index (κ2) is 11.0. The highest BCUT2D eigenvalue weighted by atomic mass is 32.2. The molecule has 2 amide bonds. The van der Waals surface area contributed by atoms with Gasteiger partial charge < -0.3 is 19.8 Å². The molecule has 0 bridgehead atoms. The van der Waals surface area contributed by atoms with Crippen molar-refractivity contribution in [3.05, 3.63) is 64.7 Å². The van der Waals surface area contributed by atoms with Crippen molar-refractivity contribution in [3.8, 4) is 11.6 Å². The largest absolute Gasteiger partial charge is 0.462 e. The molecule has 10 nitrogen and oxygen atoms in total. The normalized spacial score (nSPS) is 10.7. The molecule has 0 unspecified atom stereocenters. The number of carbonyl (C=O) groups excluding carboxylic acids is 3. The SMILES string of the molecule is CCOC(=O)c1sc(NC(=O)CSc2n[nH]c(-c3ccco3)n2)c(C(=O)Nc2ccccc2)c1C. The molecule has 0 radical (unpaired) electrons. The molecule has 4 aromatic rings. The van der Waals surface area contributed by atoms with Crippen LogP contribution in [-0.2, 0) is 9.53 Å². The molecule has 3 aromatic heterocycles. The number of benzene rings is 1. The van der Waals surface area contributed by atoms with E-state index in [0.717, 1.165) is 23.1 Å². The quantitative estimate of drug-likeness (QED) is 0.219. The molecule has 12 heteroatoms. The average molecular weight is 512 g/mol. The van der Waals surface area contributed by atoms with Crippen molar-refractivity contribution in [2.24, 2.45) is 0 Å². The predicted molar refractivity (Wildman–Crippen MR) is 133 cm³/mol. The van der Waals surface area contributed by atoms with E-state index in [1.165, 1.54) is 6.26 Å². The number of hydrogen-bond donors (Lipinski definition) is 3. The molecule has 0 aliphatic heterocycles. The van der Waals surface area contributed by atoms with Crippen molar-refractivity contribution in [1.82, 2.24) is 15.2 Å². The van der Waals surface area contributed by atoms with Crippen molar-refractivity contribution in [3.63, 3.8) is 0 Å². The maximum absolute atomic E-state index is 13.1. The lowest BCUT2D eigenvalue weighted by molar-refractivity contribution is -0.113. The van der Waals surface area contributed by atoms with E-state index in [1.807, 2.05) is 6.07 Å². The van der Waals surface area contributed by atoms with E-state index in [-0.39, 0.29) is 33.7 Å². The number of ether oxygens (including phenoxy) is 1. The summed E-state index contributed by atoms with van der Waals surface area (Å²) in [5, 5.41) is 13.0. The zero-order valence-corrected chi connectivity index (χ0v) is 20.4. The van der Waals surface area contributed by atoms with Crippen LogP contribution in [0.4, 0.5) is 10.7 Å². The molecule has 0 saturated heterocycles. The highest BCUT2D eigenvalue weighted by molar-refractivity contribution is 7.99. The molecule has 180 valence electrons. The number of hydrogen-bond acceptors (Lipinski definition) is 9. The minimum absolute atomic E-state index is 0.0130. The first-order valence-corrected chi connectivity index (χ1v) is 12.3. The van der Waals surface area contributed by atoms with Crippen LogP contribution in [0.25, 0.3) is 11.6 Å². The Morgan fingerprint density at radius 3 is 2.66 bits per heavy atom. The zero-order valence-electron chi connectivity index (χ0n) is 18.8. The Hall–Kier alpha value is -3.90. The van der Waals surface area contributed by atoms with Crippen LogP contribution in [0.15, 0.2) is 58.3 Å². The molecule has 0 fully saturated rings. The number of carbonyl (C=O) groups is 3. The minimum atomic E-state index is -0.551. The fraction of sp³-hybridized carbons (Fsp3) is 0.174. The summed E-state index contributed by atoms with van der Waals surface area (Å²) in [6.07, 6.45) is 1.53. The molecular weight excluding hydrogens is 490 g/mol. The van der Waals surface area contributed by atoms with Gasteiger partial charge in [-0.1, -0.05) is 30.0 Å². The molecule has 0 saturated carbocycles. The van der Waals surface area contributed by atoms with E-state index in [2.05, 4.69) is 25.8 Å². The van der Waals surface area contributed by atoms with Crippen molar-refractivity contribution in [2.75, 3.05) is 23.0 Å². The first kappa shape index (κ1) is 24.2. The number of thiophene rings is 1. The van der Waals surface area contributed by atoms with Crippen LogP contribution < -0.4 is 10.6 Å². The standard InChI is InChI=1S/C23H21N5O5S2/c1-3-32-22(31)18-13(2)17(20(30)24-14-8-5-4-6-9-14)21(35-18)25-16(29)12-34-23-26-19(27-28-23)15-10-7-11-33-15/h4-11H,3,12H2,1-2H3,(H,24,30)(H,25,29)(H,26,27,28). The van der Waals surface area contributed by atoms with Gasteiger partial charge in [0, 0.05) is 5.69 Å². The summed E-state index contributed by atoms with van der Waals surface area (Å²) in [4.78, 5) is 42.8. The van der Waals surface area contributed by atoms with Crippen molar-refractivity contribution in [1.29, 1.82) is 0 Å². The lowest BCUT2D eigenvalue weighted by atomic mass is 10.1. The van der Waals surface area contributed by atoms with Crippen LogP contribution in [0.1, 0.15) is 32.5 Å². The van der Waals surface area contributed by atoms with Gasteiger partial charge in [-0.25, -0.2) is 4.79 Å². The smallest absolute Gasteiger partial charge is 0.348 e. The van der Waals surface area contributed by atoms with Crippen molar-refractivity contribution in [2.45, 2.75) is 19.0 Å². The van der Waals surface area contributed by atoms with Crippen molar-refractivity contribution >= 4 is 51.6 Å². The van der Waals surface area contributed by atoms with Crippen LogP contribution >= 0.6 is 23.1 Å². The van der Waals surface area contributed by atoms with Crippen LogP contribution in [0.3, 0.4) is 0 Å². The Bertz CT molecular complexity index is 1330. The van der Waals surface area contributed by atoms with Gasteiger partial charge in [0.25, 0.3) is 5.91 Å². The van der Waals surface area contributed by atoms with E-state index in [9.17, 15) is 14.4 Å². The number of amides is 2. The lowest BCUT2D eigenvalue weighted by Gasteiger charge is -2.08. The van der Waals surface area contributed by atoms with Gasteiger partial charge in [-0.2, -0.15) is 4.98 Å². The third-order valence-electron chi connectivity index (χ3n) is 4.67. The molecule has 0 atom stereocenters. The van der Waals surface area contributed by atoms with Crippen LogP contribution in [-0.4, -0.2) is 45.3 Å². The van der Waals surface area contributed by atoms with Gasteiger partial charge in [0.1, 0.15) is 9.88 Å². The van der Waals surface area contributed by atoms with Gasteiger partial charge in [0.15, 0.2) is 11.6 Å². The lowest BCUT2D eigenvalue weighted by Crippen LogP contribution is -2.18. The monoisotopic (exact) mass is 511 g/mol. The molecule has 35 heavy (non-hydrogen) atoms. The molecule has 0 spiro atoms. The Kier molecular flexibility index (Phi) is 7.63. The molecule has 1 aromatic carbocycles. The summed E-state index contributed by atoms with van der Waals surface area (Å²) >= 11 is 2.11. The highest BCUT2D eigenvalue weighted by Gasteiger charge is 2.26. The number of para-hydroxylation sites is 1. The maximum atomic E-state index is 13.1. The van der Waals surface area contributed by atoms with Crippen LogP contribution in [0, 0.1) is 6.92 Å². The fourth-order valence-corrected chi connectivity index (χ4v) is 4.82. The number of rotatable bonds is 9. The van der Waals surface area contributed by atoms with Crippen LogP contribution in [0.5, 0.6) is 0 Å². The Balaban J connectivity index is 1.50. The second-order valence-electron chi connectivity index (χ2n) is 7.08. The molecule has 3 N–H and O–H groups in total. The maximum Gasteiger partial charge on any atom is 0.348 e. The average Bonchev–Trinajstić information content (AvgIpc) is 3.59. The summed E-state index contributed by atoms with van der Waals surface area (Å²) < 4.78 is 10.4. The summed E-state index contributed by atoms with van der Waals surface area (Å²) in [6, 6.07) is 12.4. The van der Waals surface area contributed by atoms with E-state index in [1.54, 1.807) is 50.2 Å². The number of furan rings is 1. The van der Waals surface area contributed by atoms with Gasteiger partial charge >= 0.3 is 5.97 Å². The number of nitrogens with one attached hydrogen (secondary N) is 3. The predicted octanol–water partition coefficient (Wildman–Crippen LogP) is 4.59. The van der Waals surface area contributed by atoms with Crippen molar-refractivity contribution < 1.29 is 23.5 Å². The summed E-state index contributed by atoms with van der Waals surface area (Å²) in [7, 11) is 0. The third-order valence-corrected chi connectivity index (χ3v) is 6.71. The number of nitrogens with zero attached hydrogens (tertiary/aromatic N) is 2. The number of anilines is 2. The number of esters is 1. The second-order valence-corrected chi connectivity index (χ2v) is 9.04. The van der Waals surface area contributed by atoms with E-state index >= 15 is 0 Å². The number of H-pyrrole nitrogens is 1. The molecule has 0 aliphatic carbocycles. The fourth-order valence-electron chi connectivity index (χ4n) is 3.11. The summed E-state index contributed by atoms with van der Waals surface area (Å²) in [6.45, 7) is 3.54. The number of aromatic nitrogens is 3. The topological polar surface area (TPSA) is 139 Å². The highest BCUT2D eigenvalue weighted by Crippen LogP contribution is 2.34. The van der Waals surface area contributed by atoms with Gasteiger partial charge in [-0.3, -0.25) is 14.7 Å². The third kappa shape index (κ3) is 5.78. The Morgan fingerprint density at radius 2 is 1.94 bits per heavy atom. The molecule has 4 rings (SSSR count). The minimum Gasteiger partial charge on any atom is -0.462 e. The van der Waals surface area contributed by atoms with Gasteiger partial charge in [-0.05, 0) is 43.7 Å². The van der Waals surface area contributed by atoms with E-state index in [0.29, 0.717) is 28.0 Å². The van der Waals surface area contributed by atoms with Gasteiger partial charge in [0.2, 0.25) is 11.1 Å². The van der Waals surface area contributed by atoms with Crippen LogP contribution in [0.2, 0.25) is 0 Å². The molecular formula is C23H21N5O5S2. The van der Waals surface area contributed by atoms with E-state index in [4.69, 9.17) is 9.15 Å². The molecule has 0 aliphatic rings.